The molecule has 0 radical (unpaired) electrons. The Morgan fingerprint density at radius 1 is 1.43 bits per heavy atom. The predicted octanol–water partition coefficient (Wildman–Crippen LogP) is 2.18. The third kappa shape index (κ3) is 3.24. The van der Waals surface area contributed by atoms with Crippen LogP contribution in [-0.2, 0) is 6.42 Å². The van der Waals surface area contributed by atoms with Crippen LogP contribution in [0.4, 0.5) is 0 Å². The summed E-state index contributed by atoms with van der Waals surface area (Å²) >= 11 is 0. The summed E-state index contributed by atoms with van der Waals surface area (Å²) in [5, 5.41) is 0. The van der Waals surface area contributed by atoms with E-state index in [1.807, 2.05) is 6.07 Å². The maximum atomic E-state index is 5.27. The molecule has 1 atom stereocenters. The number of rotatable bonds is 4. The minimum atomic E-state index is 0.494. The monoisotopic (exact) mass is 189 g/mol. The SMILES string of the molecule is C#CCN([14CH3])C(C)Cc1ccccc1. The summed E-state index contributed by atoms with van der Waals surface area (Å²) in [4.78, 5) is 2.19. The Bertz CT molecular complexity index is 297. The van der Waals surface area contributed by atoms with Gasteiger partial charge < -0.3 is 0 Å². The first-order valence-corrected chi connectivity index (χ1v) is 4.91. The average molecular weight is 189 g/mol. The molecule has 0 aliphatic rings. The van der Waals surface area contributed by atoms with Crippen molar-refractivity contribution in [1.29, 1.82) is 0 Å². The fourth-order valence-electron chi connectivity index (χ4n) is 1.41. The second-order valence-electron chi connectivity index (χ2n) is 3.66. The van der Waals surface area contributed by atoms with Crippen molar-refractivity contribution in [2.24, 2.45) is 0 Å². The van der Waals surface area contributed by atoms with Gasteiger partial charge in [-0.2, -0.15) is 0 Å². The number of nitrogens with zero attached hydrogens (tertiary/aromatic N) is 1. The molecule has 0 aliphatic carbocycles. The number of hydrogen-bond acceptors (Lipinski definition) is 1. The molecule has 0 aliphatic heterocycles. The van der Waals surface area contributed by atoms with Gasteiger partial charge in [0.05, 0.1) is 6.54 Å². The minimum Gasteiger partial charge on any atom is -0.292 e. The van der Waals surface area contributed by atoms with Crippen LogP contribution >= 0.6 is 0 Å². The first-order chi connectivity index (χ1) is 6.74. The number of terminal acetylenes is 1. The van der Waals surface area contributed by atoms with Gasteiger partial charge in [0.1, 0.15) is 0 Å². The van der Waals surface area contributed by atoms with E-state index in [0.29, 0.717) is 12.6 Å². The Balaban J connectivity index is 2.49. The van der Waals surface area contributed by atoms with Gasteiger partial charge in [0.2, 0.25) is 0 Å². The molecule has 1 unspecified atom stereocenters. The Morgan fingerprint density at radius 2 is 2.07 bits per heavy atom. The Hall–Kier alpha value is -1.26. The molecule has 1 aromatic rings. The molecule has 0 heterocycles. The minimum absolute atomic E-state index is 0.494. The van der Waals surface area contributed by atoms with Gasteiger partial charge in [-0.15, -0.1) is 6.42 Å². The van der Waals surface area contributed by atoms with Crippen LogP contribution in [0.5, 0.6) is 0 Å². The van der Waals surface area contributed by atoms with Crippen LogP contribution in [0, 0.1) is 12.3 Å². The molecular formula is C13H17N. The molecule has 0 bridgehead atoms. The highest BCUT2D eigenvalue weighted by atomic mass is 15.4. The van der Waals surface area contributed by atoms with Gasteiger partial charge >= 0.3 is 0 Å². The zero-order valence-corrected chi connectivity index (χ0v) is 8.90. The lowest BCUT2D eigenvalue weighted by Gasteiger charge is -2.22. The summed E-state index contributed by atoms with van der Waals surface area (Å²) in [6.07, 6.45) is 6.32. The van der Waals surface area contributed by atoms with Crippen LogP contribution in [0.2, 0.25) is 0 Å². The highest BCUT2D eigenvalue weighted by Gasteiger charge is 2.07. The van der Waals surface area contributed by atoms with Crippen molar-refractivity contribution >= 4 is 0 Å². The molecule has 0 saturated carbocycles. The topological polar surface area (TPSA) is 3.24 Å². The van der Waals surface area contributed by atoms with Crippen molar-refractivity contribution in [3.05, 3.63) is 35.9 Å². The lowest BCUT2D eigenvalue weighted by atomic mass is 10.1. The first-order valence-electron chi connectivity index (χ1n) is 4.91. The van der Waals surface area contributed by atoms with E-state index in [2.05, 4.69) is 49.1 Å². The third-order valence-electron chi connectivity index (χ3n) is 2.47. The van der Waals surface area contributed by atoms with E-state index in [1.54, 1.807) is 0 Å². The quantitative estimate of drug-likeness (QED) is 0.656. The van der Waals surface area contributed by atoms with Gasteiger partial charge in [0.15, 0.2) is 0 Å². The normalized spacial score (nSPS) is 12.4. The highest BCUT2D eigenvalue weighted by molar-refractivity contribution is 5.15. The van der Waals surface area contributed by atoms with Crippen molar-refractivity contribution in [3.63, 3.8) is 0 Å². The fraction of sp³-hybridized carbons (Fsp3) is 0.385. The van der Waals surface area contributed by atoms with Gasteiger partial charge in [-0.05, 0) is 26.0 Å². The fourth-order valence-corrected chi connectivity index (χ4v) is 1.41. The van der Waals surface area contributed by atoms with E-state index < -0.39 is 0 Å². The second kappa shape index (κ2) is 5.47. The smallest absolute Gasteiger partial charge is 0.0598 e. The van der Waals surface area contributed by atoms with E-state index in [0.717, 1.165) is 6.42 Å². The molecular weight excluding hydrogens is 172 g/mol. The molecule has 0 spiro atoms. The Labute approximate surface area is 86.7 Å². The zero-order valence-electron chi connectivity index (χ0n) is 8.90. The largest absolute Gasteiger partial charge is 0.292 e. The summed E-state index contributed by atoms with van der Waals surface area (Å²) < 4.78 is 0. The summed E-state index contributed by atoms with van der Waals surface area (Å²) in [7, 11) is 2.06. The van der Waals surface area contributed by atoms with Gasteiger partial charge in [0.25, 0.3) is 0 Å². The predicted molar refractivity (Wildman–Crippen MR) is 61.1 cm³/mol. The van der Waals surface area contributed by atoms with E-state index in [4.69, 9.17) is 6.42 Å². The number of benzene rings is 1. The number of likely N-dealkylation sites (N-methyl/N-ethyl adjacent to an activating group) is 1. The van der Waals surface area contributed by atoms with Crippen molar-refractivity contribution in [1.82, 2.24) is 4.90 Å². The standard InChI is InChI=1S/C13H17N/c1-4-10-14(3)12(2)11-13-8-6-5-7-9-13/h1,5-9,12H,10-11H2,2-3H3/i3+2. The molecule has 0 amide bonds. The molecule has 0 N–H and O–H groups in total. The molecule has 1 nitrogen and oxygen atoms in total. The first kappa shape index (κ1) is 10.8. The average Bonchev–Trinajstić information content (AvgIpc) is 2.19. The van der Waals surface area contributed by atoms with Crippen LogP contribution in [0.3, 0.4) is 0 Å². The molecule has 0 aromatic heterocycles. The van der Waals surface area contributed by atoms with E-state index in [-0.39, 0.29) is 0 Å². The highest BCUT2D eigenvalue weighted by Crippen LogP contribution is 2.06. The molecule has 0 fully saturated rings. The third-order valence-corrected chi connectivity index (χ3v) is 2.47. The van der Waals surface area contributed by atoms with Crippen molar-refractivity contribution in [3.8, 4) is 12.3 Å². The Morgan fingerprint density at radius 3 is 2.64 bits per heavy atom. The molecule has 1 heteroatoms. The molecule has 14 heavy (non-hydrogen) atoms. The van der Waals surface area contributed by atoms with Crippen LogP contribution in [0.1, 0.15) is 12.5 Å². The molecule has 74 valence electrons. The zero-order chi connectivity index (χ0) is 10.4. The van der Waals surface area contributed by atoms with Gasteiger partial charge in [0, 0.05) is 6.04 Å². The van der Waals surface area contributed by atoms with Gasteiger partial charge in [-0.25, -0.2) is 0 Å². The lowest BCUT2D eigenvalue weighted by molar-refractivity contribution is 0.287. The van der Waals surface area contributed by atoms with Gasteiger partial charge in [-0.3, -0.25) is 4.90 Å². The van der Waals surface area contributed by atoms with Crippen molar-refractivity contribution in [2.75, 3.05) is 13.6 Å². The summed E-state index contributed by atoms with van der Waals surface area (Å²) in [5.74, 6) is 2.66. The van der Waals surface area contributed by atoms with E-state index in [9.17, 15) is 0 Å². The molecule has 1 rings (SSSR count). The summed E-state index contributed by atoms with van der Waals surface area (Å²) in [5.41, 5.74) is 1.36. The second-order valence-corrected chi connectivity index (χ2v) is 3.66. The summed E-state index contributed by atoms with van der Waals surface area (Å²) in [6, 6.07) is 11.0. The lowest BCUT2D eigenvalue weighted by Crippen LogP contribution is -2.31. The molecule has 0 saturated heterocycles. The maximum Gasteiger partial charge on any atom is 0.0598 e. The van der Waals surface area contributed by atoms with Crippen molar-refractivity contribution in [2.45, 2.75) is 19.4 Å². The van der Waals surface area contributed by atoms with Crippen molar-refractivity contribution < 1.29 is 0 Å². The van der Waals surface area contributed by atoms with Crippen LogP contribution in [-0.4, -0.2) is 24.5 Å². The maximum absolute atomic E-state index is 5.27. The van der Waals surface area contributed by atoms with Gasteiger partial charge in [-0.1, -0.05) is 36.3 Å². The van der Waals surface area contributed by atoms with Crippen LogP contribution < -0.4 is 0 Å². The van der Waals surface area contributed by atoms with E-state index >= 15 is 0 Å². The Kier molecular flexibility index (Phi) is 4.22. The van der Waals surface area contributed by atoms with Crippen LogP contribution in [0.25, 0.3) is 0 Å². The summed E-state index contributed by atoms with van der Waals surface area (Å²) in [6.45, 7) is 2.92. The number of hydrogen-bond donors (Lipinski definition) is 0. The van der Waals surface area contributed by atoms with E-state index in [1.165, 1.54) is 5.56 Å². The molecule has 1 aromatic carbocycles. The van der Waals surface area contributed by atoms with Crippen LogP contribution in [0.15, 0.2) is 30.3 Å².